The summed E-state index contributed by atoms with van der Waals surface area (Å²) in [6, 6.07) is 13.7. The van der Waals surface area contributed by atoms with E-state index in [0.29, 0.717) is 10.8 Å². The third-order valence-corrected chi connectivity index (χ3v) is 4.47. The molecule has 0 saturated heterocycles. The fourth-order valence-electron chi connectivity index (χ4n) is 2.33. The van der Waals surface area contributed by atoms with E-state index in [1.54, 1.807) is 4.40 Å². The Morgan fingerprint density at radius 1 is 1.12 bits per heavy atom. The van der Waals surface area contributed by atoms with Crippen LogP contribution in [0.2, 0.25) is 0 Å². The van der Waals surface area contributed by atoms with E-state index >= 15 is 0 Å². The maximum Gasteiger partial charge on any atom is 0.326 e. The molecule has 1 atom stereocenters. The minimum atomic E-state index is -1.06. The highest BCUT2D eigenvalue weighted by atomic mass is 32.2. The van der Waals surface area contributed by atoms with E-state index in [4.69, 9.17) is 0 Å². The largest absolute Gasteiger partial charge is 0.480 e. The summed E-state index contributed by atoms with van der Waals surface area (Å²) in [6.45, 7) is 0. The normalized spacial score (nSPS) is 12.0. The number of aliphatic carboxylic acids is 1. The quantitative estimate of drug-likeness (QED) is 0.625. The van der Waals surface area contributed by atoms with Crippen molar-refractivity contribution in [3.8, 4) is 0 Å². The number of hydrogen-bond acceptors (Lipinski definition) is 5. The summed E-state index contributed by atoms with van der Waals surface area (Å²) in [5.41, 5.74) is 1.55. The van der Waals surface area contributed by atoms with Gasteiger partial charge in [-0.15, -0.1) is 10.2 Å². The van der Waals surface area contributed by atoms with Crippen LogP contribution >= 0.6 is 11.8 Å². The number of carbonyl (C=O) groups excluding carboxylic acids is 1. The molecule has 8 heteroatoms. The van der Waals surface area contributed by atoms with Gasteiger partial charge in [-0.05, 0) is 17.7 Å². The maximum absolute atomic E-state index is 12.1. The molecule has 0 aliphatic carbocycles. The average Bonchev–Trinajstić information content (AvgIpc) is 3.03. The molecular weight excluding hydrogens is 340 g/mol. The summed E-state index contributed by atoms with van der Waals surface area (Å²) in [4.78, 5) is 23.5. The van der Waals surface area contributed by atoms with Crippen LogP contribution in [-0.4, -0.2) is 43.4 Å². The fourth-order valence-corrected chi connectivity index (χ4v) is 3.07. The predicted molar refractivity (Wildman–Crippen MR) is 93.4 cm³/mol. The highest BCUT2D eigenvalue weighted by molar-refractivity contribution is 7.99. The fraction of sp³-hybridized carbons (Fsp3) is 0.176. The SMILES string of the molecule is O=C(CSc1nnc2ccccn12)N[C@@H](Cc1ccccc1)C(=O)O. The van der Waals surface area contributed by atoms with E-state index in [-0.39, 0.29) is 18.1 Å². The van der Waals surface area contributed by atoms with Crippen molar-refractivity contribution >= 4 is 29.3 Å². The van der Waals surface area contributed by atoms with E-state index in [9.17, 15) is 14.7 Å². The zero-order valence-corrected chi connectivity index (χ0v) is 14.0. The zero-order chi connectivity index (χ0) is 17.6. The smallest absolute Gasteiger partial charge is 0.326 e. The van der Waals surface area contributed by atoms with Gasteiger partial charge in [0.2, 0.25) is 5.91 Å². The van der Waals surface area contributed by atoms with E-state index in [1.165, 1.54) is 11.8 Å². The summed E-state index contributed by atoms with van der Waals surface area (Å²) in [6.07, 6.45) is 2.05. The second kappa shape index (κ2) is 7.80. The van der Waals surface area contributed by atoms with Gasteiger partial charge in [-0.2, -0.15) is 0 Å². The van der Waals surface area contributed by atoms with Gasteiger partial charge in [0.1, 0.15) is 6.04 Å². The lowest BCUT2D eigenvalue weighted by Gasteiger charge is -2.14. The summed E-state index contributed by atoms with van der Waals surface area (Å²) in [5.74, 6) is -1.36. The maximum atomic E-state index is 12.1. The molecule has 3 rings (SSSR count). The topological polar surface area (TPSA) is 96.6 Å². The van der Waals surface area contributed by atoms with Crippen LogP contribution in [0.25, 0.3) is 5.65 Å². The number of benzene rings is 1. The molecule has 7 nitrogen and oxygen atoms in total. The number of fused-ring (bicyclic) bond motifs is 1. The minimum absolute atomic E-state index is 0.0637. The third kappa shape index (κ3) is 4.36. The molecule has 2 heterocycles. The van der Waals surface area contributed by atoms with Gasteiger partial charge in [0.05, 0.1) is 5.75 Å². The molecule has 0 aliphatic rings. The Hall–Kier alpha value is -2.87. The lowest BCUT2D eigenvalue weighted by Crippen LogP contribution is -2.43. The number of nitrogens with one attached hydrogen (secondary N) is 1. The van der Waals surface area contributed by atoms with Gasteiger partial charge in [-0.1, -0.05) is 48.2 Å². The van der Waals surface area contributed by atoms with Crippen molar-refractivity contribution in [3.63, 3.8) is 0 Å². The van der Waals surface area contributed by atoms with Crippen LogP contribution < -0.4 is 5.32 Å². The number of amides is 1. The number of hydrogen-bond donors (Lipinski definition) is 2. The summed E-state index contributed by atoms with van der Waals surface area (Å²) in [7, 11) is 0. The number of rotatable bonds is 7. The molecule has 0 bridgehead atoms. The lowest BCUT2D eigenvalue weighted by atomic mass is 10.1. The summed E-state index contributed by atoms with van der Waals surface area (Å²) < 4.78 is 1.77. The van der Waals surface area contributed by atoms with Crippen molar-refractivity contribution in [1.82, 2.24) is 19.9 Å². The molecule has 3 aromatic rings. The van der Waals surface area contributed by atoms with Crippen molar-refractivity contribution in [2.24, 2.45) is 0 Å². The van der Waals surface area contributed by atoms with Crippen LogP contribution in [0.15, 0.2) is 59.9 Å². The van der Waals surface area contributed by atoms with Crippen molar-refractivity contribution in [3.05, 3.63) is 60.3 Å². The van der Waals surface area contributed by atoms with Crippen molar-refractivity contribution in [1.29, 1.82) is 0 Å². The first kappa shape index (κ1) is 17.0. The first-order chi connectivity index (χ1) is 12.1. The number of pyridine rings is 1. The van der Waals surface area contributed by atoms with E-state index < -0.39 is 12.0 Å². The van der Waals surface area contributed by atoms with Crippen molar-refractivity contribution < 1.29 is 14.7 Å². The highest BCUT2D eigenvalue weighted by Crippen LogP contribution is 2.16. The molecule has 2 aromatic heterocycles. The molecule has 0 radical (unpaired) electrons. The molecular formula is C17H16N4O3S. The first-order valence-corrected chi connectivity index (χ1v) is 8.60. The number of carboxylic acid groups (broad SMARTS) is 1. The van der Waals surface area contributed by atoms with Crippen LogP contribution in [0.5, 0.6) is 0 Å². The second-order valence-electron chi connectivity index (χ2n) is 5.35. The van der Waals surface area contributed by atoms with Crippen molar-refractivity contribution in [2.45, 2.75) is 17.6 Å². The Morgan fingerprint density at radius 3 is 2.64 bits per heavy atom. The van der Waals surface area contributed by atoms with E-state index in [2.05, 4.69) is 15.5 Å². The molecule has 0 fully saturated rings. The highest BCUT2D eigenvalue weighted by Gasteiger charge is 2.20. The van der Waals surface area contributed by atoms with Gasteiger partial charge >= 0.3 is 5.97 Å². The standard InChI is InChI=1S/C17H16N4O3S/c22-15(11-25-17-20-19-14-8-4-5-9-21(14)17)18-13(16(23)24)10-12-6-2-1-3-7-12/h1-9,13H,10-11H2,(H,18,22)(H,23,24)/t13-/m0/s1. The van der Waals surface area contributed by atoms with Gasteiger partial charge < -0.3 is 10.4 Å². The monoisotopic (exact) mass is 356 g/mol. The first-order valence-electron chi connectivity index (χ1n) is 7.62. The molecule has 0 saturated carbocycles. The van der Waals surface area contributed by atoms with E-state index in [1.807, 2.05) is 54.7 Å². The van der Waals surface area contributed by atoms with Gasteiger partial charge in [0.15, 0.2) is 10.8 Å². The number of thioether (sulfide) groups is 1. The third-order valence-electron chi connectivity index (χ3n) is 3.53. The number of nitrogens with zero attached hydrogens (tertiary/aromatic N) is 3. The number of carboxylic acids is 1. The minimum Gasteiger partial charge on any atom is -0.480 e. The van der Waals surface area contributed by atoms with E-state index in [0.717, 1.165) is 5.56 Å². The Morgan fingerprint density at radius 2 is 1.88 bits per heavy atom. The Kier molecular flexibility index (Phi) is 5.30. The summed E-state index contributed by atoms with van der Waals surface area (Å²) in [5, 5.41) is 20.5. The van der Waals surface area contributed by atoms with Gasteiger partial charge in [-0.25, -0.2) is 4.79 Å². The molecule has 25 heavy (non-hydrogen) atoms. The number of carbonyl (C=O) groups is 2. The van der Waals surface area contributed by atoms with Crippen LogP contribution in [0.4, 0.5) is 0 Å². The number of aromatic nitrogens is 3. The summed E-state index contributed by atoms with van der Waals surface area (Å²) >= 11 is 1.21. The predicted octanol–water partition coefficient (Wildman–Crippen LogP) is 1.63. The van der Waals surface area contributed by atoms with Gasteiger partial charge in [-0.3, -0.25) is 9.20 Å². The van der Waals surface area contributed by atoms with Crippen LogP contribution in [0, 0.1) is 0 Å². The van der Waals surface area contributed by atoms with Crippen LogP contribution in [0.3, 0.4) is 0 Å². The molecule has 0 spiro atoms. The molecule has 2 N–H and O–H groups in total. The van der Waals surface area contributed by atoms with Crippen molar-refractivity contribution in [2.75, 3.05) is 5.75 Å². The zero-order valence-electron chi connectivity index (χ0n) is 13.2. The van der Waals surface area contributed by atoms with Gasteiger partial charge in [0, 0.05) is 12.6 Å². The Labute approximate surface area is 148 Å². The van der Waals surface area contributed by atoms with Crippen LogP contribution in [-0.2, 0) is 16.0 Å². The molecule has 0 aliphatic heterocycles. The second-order valence-corrected chi connectivity index (χ2v) is 6.29. The molecule has 1 amide bonds. The molecule has 128 valence electrons. The Bertz CT molecular complexity index is 882. The van der Waals surface area contributed by atoms with Gasteiger partial charge in [0.25, 0.3) is 0 Å². The van der Waals surface area contributed by atoms with Crippen LogP contribution in [0.1, 0.15) is 5.56 Å². The molecule has 0 unspecified atom stereocenters. The molecule has 1 aromatic carbocycles. The Balaban J connectivity index is 1.59. The lowest BCUT2D eigenvalue weighted by molar-refractivity contribution is -0.141. The average molecular weight is 356 g/mol.